The van der Waals surface area contributed by atoms with E-state index in [0.29, 0.717) is 16.9 Å². The molecule has 1 unspecified atom stereocenters. The number of piperidine rings is 1. The topological polar surface area (TPSA) is 33.2 Å². The van der Waals surface area contributed by atoms with Crippen molar-refractivity contribution in [1.29, 1.82) is 0 Å². The fraction of sp³-hybridized carbons (Fsp3) is 0.680. The molecule has 28 heavy (non-hydrogen) atoms. The molecule has 1 aromatic rings. The second-order valence-electron chi connectivity index (χ2n) is 10.5. The normalized spacial score (nSPS) is 42.2. The van der Waals surface area contributed by atoms with Crippen LogP contribution in [-0.2, 0) is 4.79 Å². The smallest absolute Gasteiger partial charge is 0.209 e. The van der Waals surface area contributed by atoms with Gasteiger partial charge >= 0.3 is 0 Å². The second-order valence-corrected chi connectivity index (χ2v) is 10.5. The molecule has 2 heterocycles. The Morgan fingerprint density at radius 1 is 1.14 bits per heavy atom. The molecule has 3 fully saturated rings. The number of amides is 1. The first kappa shape index (κ1) is 18.4. The van der Waals surface area contributed by atoms with Crippen molar-refractivity contribution in [1.82, 2.24) is 9.88 Å². The van der Waals surface area contributed by atoms with Crippen LogP contribution in [-0.4, -0.2) is 28.9 Å². The first-order chi connectivity index (χ1) is 13.5. The minimum Gasteiger partial charge on any atom is -0.342 e. The number of hydrogen-bond acceptors (Lipinski definition) is 2. The molecule has 1 amide bonds. The van der Waals surface area contributed by atoms with Crippen LogP contribution in [0.3, 0.4) is 0 Å². The van der Waals surface area contributed by atoms with Gasteiger partial charge in [-0.05, 0) is 103 Å². The lowest BCUT2D eigenvalue weighted by Gasteiger charge is -2.61. The Hall–Kier alpha value is -1.64. The number of fused-ring (bicyclic) bond motifs is 5. The highest BCUT2D eigenvalue weighted by Gasteiger charge is 2.59. The van der Waals surface area contributed by atoms with E-state index in [1.165, 1.54) is 56.1 Å². The van der Waals surface area contributed by atoms with Crippen molar-refractivity contribution < 1.29 is 4.79 Å². The number of carbonyl (C=O) groups excluding carboxylic acids is 1. The first-order valence-electron chi connectivity index (χ1n) is 11.3. The van der Waals surface area contributed by atoms with Gasteiger partial charge in [-0.2, -0.15) is 0 Å². The zero-order chi connectivity index (χ0) is 19.5. The van der Waals surface area contributed by atoms with Crippen LogP contribution in [0.5, 0.6) is 0 Å². The van der Waals surface area contributed by atoms with Gasteiger partial charge in [0.2, 0.25) is 6.41 Å². The third kappa shape index (κ3) is 2.47. The van der Waals surface area contributed by atoms with Crippen molar-refractivity contribution in [3.63, 3.8) is 0 Å². The average Bonchev–Trinajstić information content (AvgIpc) is 3.04. The van der Waals surface area contributed by atoms with Crippen molar-refractivity contribution in [2.75, 3.05) is 6.54 Å². The average molecular weight is 379 g/mol. The number of hydrogen-bond donors (Lipinski definition) is 0. The van der Waals surface area contributed by atoms with Crippen molar-refractivity contribution in [2.24, 2.45) is 28.6 Å². The zero-order valence-corrected chi connectivity index (χ0v) is 17.7. The summed E-state index contributed by atoms with van der Waals surface area (Å²) in [5, 5.41) is 0. The predicted octanol–water partition coefficient (Wildman–Crippen LogP) is 5.25. The van der Waals surface area contributed by atoms with Crippen LogP contribution in [0.15, 0.2) is 24.5 Å². The van der Waals surface area contributed by atoms with E-state index in [1.807, 2.05) is 6.20 Å². The number of rotatable bonds is 2. The molecule has 5 rings (SSSR count). The first-order valence-corrected chi connectivity index (χ1v) is 11.3. The molecule has 0 bridgehead atoms. The van der Waals surface area contributed by atoms with E-state index >= 15 is 0 Å². The summed E-state index contributed by atoms with van der Waals surface area (Å²) in [5.41, 5.74) is 4.75. The fourth-order valence-corrected chi connectivity index (χ4v) is 7.97. The highest BCUT2D eigenvalue weighted by molar-refractivity contribution is 5.72. The molecule has 1 saturated heterocycles. The van der Waals surface area contributed by atoms with Crippen LogP contribution >= 0.6 is 0 Å². The van der Waals surface area contributed by atoms with Crippen LogP contribution in [0, 0.1) is 35.5 Å². The summed E-state index contributed by atoms with van der Waals surface area (Å²) >= 11 is 0. The van der Waals surface area contributed by atoms with E-state index in [-0.39, 0.29) is 0 Å². The largest absolute Gasteiger partial charge is 0.342 e. The van der Waals surface area contributed by atoms with Crippen LogP contribution in [0.25, 0.3) is 5.57 Å². The molecule has 2 saturated carbocycles. The Kier molecular flexibility index (Phi) is 4.23. The molecule has 4 aliphatic rings. The van der Waals surface area contributed by atoms with E-state index in [2.05, 4.69) is 49.0 Å². The minimum atomic E-state index is 0.291. The minimum absolute atomic E-state index is 0.291. The van der Waals surface area contributed by atoms with Crippen LogP contribution in [0.4, 0.5) is 0 Å². The molecular formula is C25H34N2O. The molecule has 6 atom stereocenters. The highest BCUT2D eigenvalue weighted by Crippen LogP contribution is 2.66. The van der Waals surface area contributed by atoms with Gasteiger partial charge < -0.3 is 4.90 Å². The monoisotopic (exact) mass is 378 g/mol. The van der Waals surface area contributed by atoms with Crippen LogP contribution < -0.4 is 0 Å². The Bertz CT molecular complexity index is 817. The number of likely N-dealkylation sites (tertiary alicyclic amines) is 1. The summed E-state index contributed by atoms with van der Waals surface area (Å²) < 4.78 is 0. The predicted molar refractivity (Wildman–Crippen MR) is 113 cm³/mol. The summed E-state index contributed by atoms with van der Waals surface area (Å²) in [6.07, 6.45) is 16.5. The SMILES string of the molecule is Cc1cncc(C2=CC[C@H]3[C@@H]4CCC5N(C=O)CCC[C@]5(C)[C@H]4CC[C@]23C)c1. The maximum absolute atomic E-state index is 11.7. The zero-order valence-electron chi connectivity index (χ0n) is 17.7. The number of allylic oxidation sites excluding steroid dienone is 2. The van der Waals surface area contributed by atoms with Crippen LogP contribution in [0.1, 0.15) is 69.9 Å². The van der Waals surface area contributed by atoms with E-state index < -0.39 is 0 Å². The third-order valence-electron chi connectivity index (χ3n) is 9.25. The van der Waals surface area contributed by atoms with E-state index in [1.54, 1.807) is 5.57 Å². The van der Waals surface area contributed by atoms with Crippen molar-refractivity contribution >= 4 is 12.0 Å². The number of aromatic nitrogens is 1. The van der Waals surface area contributed by atoms with E-state index in [0.717, 1.165) is 30.7 Å². The molecule has 150 valence electrons. The van der Waals surface area contributed by atoms with Gasteiger partial charge in [-0.15, -0.1) is 0 Å². The maximum atomic E-state index is 11.7. The Morgan fingerprint density at radius 2 is 2.00 bits per heavy atom. The molecule has 0 aromatic carbocycles. The van der Waals surface area contributed by atoms with Gasteiger partial charge in [-0.25, -0.2) is 0 Å². The summed E-state index contributed by atoms with van der Waals surface area (Å²) in [7, 11) is 0. The number of aryl methyl sites for hydroxylation is 1. The van der Waals surface area contributed by atoms with Gasteiger partial charge in [0.15, 0.2) is 0 Å². The van der Waals surface area contributed by atoms with Gasteiger partial charge in [-0.1, -0.05) is 19.9 Å². The number of pyridine rings is 1. The molecule has 1 aromatic heterocycles. The van der Waals surface area contributed by atoms with Gasteiger partial charge in [0.05, 0.1) is 0 Å². The summed E-state index contributed by atoms with van der Waals surface area (Å²) in [6, 6.07) is 2.79. The third-order valence-corrected chi connectivity index (χ3v) is 9.25. The summed E-state index contributed by atoms with van der Waals surface area (Å²) in [6.45, 7) is 8.16. The highest BCUT2D eigenvalue weighted by atomic mass is 16.1. The van der Waals surface area contributed by atoms with Gasteiger partial charge in [0.1, 0.15) is 0 Å². The second kappa shape index (κ2) is 6.43. The Balaban J connectivity index is 1.45. The number of nitrogens with zero attached hydrogens (tertiary/aromatic N) is 2. The Labute approximate surface area is 169 Å². The van der Waals surface area contributed by atoms with Crippen molar-refractivity contribution in [2.45, 2.75) is 71.8 Å². The molecule has 0 spiro atoms. The summed E-state index contributed by atoms with van der Waals surface area (Å²) in [5.74, 6) is 2.33. The quantitative estimate of drug-likeness (QED) is 0.659. The van der Waals surface area contributed by atoms with E-state index in [9.17, 15) is 4.79 Å². The summed E-state index contributed by atoms with van der Waals surface area (Å²) in [4.78, 5) is 18.3. The van der Waals surface area contributed by atoms with Gasteiger partial charge in [0, 0.05) is 25.0 Å². The van der Waals surface area contributed by atoms with E-state index in [4.69, 9.17) is 0 Å². The fourth-order valence-electron chi connectivity index (χ4n) is 7.97. The lowest BCUT2D eigenvalue weighted by Crippen LogP contribution is -2.60. The molecule has 3 nitrogen and oxygen atoms in total. The molecule has 0 N–H and O–H groups in total. The number of carbonyl (C=O) groups is 1. The van der Waals surface area contributed by atoms with Gasteiger partial charge in [-0.3, -0.25) is 9.78 Å². The molecule has 3 heteroatoms. The van der Waals surface area contributed by atoms with Gasteiger partial charge in [0.25, 0.3) is 0 Å². The molecular weight excluding hydrogens is 344 g/mol. The molecule has 0 radical (unpaired) electrons. The Morgan fingerprint density at radius 3 is 2.79 bits per heavy atom. The molecule has 1 aliphatic heterocycles. The lowest BCUT2D eigenvalue weighted by atomic mass is 9.46. The van der Waals surface area contributed by atoms with Crippen molar-refractivity contribution in [3.05, 3.63) is 35.7 Å². The van der Waals surface area contributed by atoms with Crippen molar-refractivity contribution in [3.8, 4) is 0 Å². The lowest BCUT2D eigenvalue weighted by molar-refractivity contribution is -0.142. The van der Waals surface area contributed by atoms with Crippen LogP contribution in [0.2, 0.25) is 0 Å². The standard InChI is InChI=1S/C25H34N2O/c1-17-13-18(15-26-14-17)20-6-7-21-19-5-8-23-25(3,10-4-12-27(23)16-28)22(19)9-11-24(20,21)2/h6,13-16,19,21-23H,4-5,7-12H2,1-3H3/t19-,21-,22-,23?,24+,25+/m0/s1. The maximum Gasteiger partial charge on any atom is 0.209 e. The molecule has 3 aliphatic carbocycles.